The fourth-order valence-corrected chi connectivity index (χ4v) is 3.72. The molecule has 2 aromatic heterocycles. The van der Waals surface area contributed by atoms with Crippen molar-refractivity contribution in [3.63, 3.8) is 0 Å². The molecule has 0 aliphatic heterocycles. The van der Waals surface area contributed by atoms with Crippen LogP contribution in [0.4, 0.5) is 14.5 Å². The molecule has 0 fully saturated rings. The summed E-state index contributed by atoms with van der Waals surface area (Å²) in [5.41, 5.74) is 3.55. The van der Waals surface area contributed by atoms with Gasteiger partial charge in [0, 0.05) is 29.8 Å². The van der Waals surface area contributed by atoms with Crippen LogP contribution >= 0.6 is 0 Å². The van der Waals surface area contributed by atoms with Crippen LogP contribution in [0.1, 0.15) is 15.9 Å². The van der Waals surface area contributed by atoms with E-state index in [-0.39, 0.29) is 10.9 Å². The molecule has 0 aliphatic carbocycles. The Labute approximate surface area is 175 Å². The number of aromatic nitrogens is 4. The van der Waals surface area contributed by atoms with E-state index in [0.29, 0.717) is 5.69 Å². The molecule has 0 unspecified atom stereocenters. The van der Waals surface area contributed by atoms with Crippen LogP contribution in [0.15, 0.2) is 54.7 Å². The highest BCUT2D eigenvalue weighted by Gasteiger charge is 2.22. The van der Waals surface area contributed by atoms with Crippen LogP contribution in [-0.4, -0.2) is 25.9 Å². The molecule has 2 N–H and O–H groups in total. The summed E-state index contributed by atoms with van der Waals surface area (Å²) < 4.78 is 30.8. The van der Waals surface area contributed by atoms with E-state index in [2.05, 4.69) is 20.6 Å². The van der Waals surface area contributed by atoms with Gasteiger partial charge in [0.1, 0.15) is 17.2 Å². The molecule has 31 heavy (non-hydrogen) atoms. The van der Waals surface area contributed by atoms with Crippen LogP contribution in [0.5, 0.6) is 0 Å². The monoisotopic (exact) mass is 417 g/mol. The molecule has 0 bridgehead atoms. The minimum Gasteiger partial charge on any atom is -0.322 e. The van der Waals surface area contributed by atoms with Crippen molar-refractivity contribution < 1.29 is 13.6 Å². The van der Waals surface area contributed by atoms with E-state index >= 15 is 0 Å². The third-order valence-corrected chi connectivity index (χ3v) is 5.28. The third kappa shape index (κ3) is 3.13. The molecule has 0 aliphatic rings. The van der Waals surface area contributed by atoms with Crippen molar-refractivity contribution in [3.8, 4) is 11.3 Å². The van der Waals surface area contributed by atoms with Crippen molar-refractivity contribution in [3.05, 3.63) is 77.5 Å². The zero-order chi connectivity index (χ0) is 21.7. The van der Waals surface area contributed by atoms with Gasteiger partial charge in [-0.1, -0.05) is 23.8 Å². The minimum absolute atomic E-state index is 0.0843. The number of H-pyrrole nitrogens is 1. The summed E-state index contributed by atoms with van der Waals surface area (Å²) in [5.74, 6) is -2.76. The Kier molecular flexibility index (Phi) is 4.28. The molecule has 5 aromatic rings. The van der Waals surface area contributed by atoms with E-state index in [1.165, 1.54) is 10.9 Å². The Morgan fingerprint density at radius 3 is 2.74 bits per heavy atom. The molecule has 1 amide bonds. The molecule has 5 rings (SSSR count). The number of fused-ring (bicyclic) bond motifs is 2. The highest BCUT2D eigenvalue weighted by Crippen LogP contribution is 2.30. The summed E-state index contributed by atoms with van der Waals surface area (Å²) in [5, 5.41) is 14.7. The van der Waals surface area contributed by atoms with E-state index in [9.17, 15) is 13.6 Å². The van der Waals surface area contributed by atoms with Gasteiger partial charge in [0.25, 0.3) is 5.91 Å². The second-order valence-corrected chi connectivity index (χ2v) is 7.40. The summed E-state index contributed by atoms with van der Waals surface area (Å²) in [4.78, 5) is 12.7. The Bertz CT molecular complexity index is 1480. The van der Waals surface area contributed by atoms with Gasteiger partial charge in [-0.15, -0.1) is 0 Å². The van der Waals surface area contributed by atoms with Crippen LogP contribution < -0.4 is 5.32 Å². The van der Waals surface area contributed by atoms with Gasteiger partial charge in [0.05, 0.1) is 28.3 Å². The van der Waals surface area contributed by atoms with Gasteiger partial charge in [0.15, 0.2) is 0 Å². The van der Waals surface area contributed by atoms with E-state index in [1.807, 2.05) is 31.2 Å². The maximum absolute atomic E-state index is 14.9. The molecule has 3 aromatic carbocycles. The number of anilines is 1. The van der Waals surface area contributed by atoms with Crippen molar-refractivity contribution in [1.29, 1.82) is 0 Å². The minimum atomic E-state index is -0.948. The quantitative estimate of drug-likeness (QED) is 0.436. The number of amides is 1. The SMILES string of the molecule is Cc1cccc(-c2n[nH]c3ccc(NC(=O)c4c(F)cc5c(cnn5C)c4F)cc23)c1. The fourth-order valence-electron chi connectivity index (χ4n) is 3.72. The molecule has 0 saturated heterocycles. The molecular weight excluding hydrogens is 400 g/mol. The lowest BCUT2D eigenvalue weighted by molar-refractivity contribution is 0.101. The number of carbonyl (C=O) groups excluding carboxylic acids is 1. The molecule has 0 saturated carbocycles. The maximum atomic E-state index is 14.9. The van der Waals surface area contributed by atoms with Gasteiger partial charge in [-0.2, -0.15) is 10.2 Å². The number of halogens is 2. The lowest BCUT2D eigenvalue weighted by Gasteiger charge is -2.09. The summed E-state index contributed by atoms with van der Waals surface area (Å²) in [7, 11) is 1.58. The first-order valence-electron chi connectivity index (χ1n) is 9.58. The molecule has 6 nitrogen and oxygen atoms in total. The van der Waals surface area contributed by atoms with Crippen LogP contribution in [0.3, 0.4) is 0 Å². The number of hydrogen-bond donors (Lipinski definition) is 2. The first kappa shape index (κ1) is 18.9. The van der Waals surface area contributed by atoms with E-state index in [4.69, 9.17) is 0 Å². The second-order valence-electron chi connectivity index (χ2n) is 7.40. The Balaban J connectivity index is 1.53. The Morgan fingerprint density at radius 2 is 1.94 bits per heavy atom. The number of hydrogen-bond acceptors (Lipinski definition) is 3. The van der Waals surface area contributed by atoms with Crippen molar-refractivity contribution in [2.24, 2.45) is 7.05 Å². The Hall–Kier alpha value is -4.07. The second kappa shape index (κ2) is 7.02. The summed E-state index contributed by atoms with van der Waals surface area (Å²) in [6.07, 6.45) is 1.27. The smallest absolute Gasteiger partial charge is 0.261 e. The molecule has 0 atom stereocenters. The lowest BCUT2D eigenvalue weighted by atomic mass is 10.0. The van der Waals surface area contributed by atoms with Crippen molar-refractivity contribution in [1.82, 2.24) is 20.0 Å². The zero-order valence-electron chi connectivity index (χ0n) is 16.7. The number of carbonyl (C=O) groups is 1. The summed E-state index contributed by atoms with van der Waals surface area (Å²) >= 11 is 0. The number of nitrogens with one attached hydrogen (secondary N) is 2. The molecule has 0 radical (unpaired) electrons. The molecule has 8 heteroatoms. The number of rotatable bonds is 3. The molecule has 154 valence electrons. The van der Waals surface area contributed by atoms with Crippen molar-refractivity contribution in [2.75, 3.05) is 5.32 Å². The zero-order valence-corrected chi connectivity index (χ0v) is 16.7. The van der Waals surface area contributed by atoms with Gasteiger partial charge >= 0.3 is 0 Å². The molecule has 2 heterocycles. The van der Waals surface area contributed by atoms with Crippen LogP contribution in [0.25, 0.3) is 33.1 Å². The third-order valence-electron chi connectivity index (χ3n) is 5.28. The fraction of sp³-hybridized carbons (Fsp3) is 0.0870. The van der Waals surface area contributed by atoms with Gasteiger partial charge in [0.2, 0.25) is 0 Å². The van der Waals surface area contributed by atoms with Crippen LogP contribution in [0, 0.1) is 18.6 Å². The lowest BCUT2D eigenvalue weighted by Crippen LogP contribution is -2.16. The van der Waals surface area contributed by atoms with Gasteiger partial charge in [-0.25, -0.2) is 8.78 Å². The predicted octanol–water partition coefficient (Wildman–Crippen LogP) is 4.96. The molecular formula is C23H17F2N5O. The summed E-state index contributed by atoms with van der Waals surface area (Å²) in [6.45, 7) is 1.99. The van der Waals surface area contributed by atoms with Gasteiger partial charge in [-0.3, -0.25) is 14.6 Å². The standard InChI is InChI=1S/C23H17F2N5O/c1-12-4-3-5-13(8-12)22-15-9-14(6-7-18(15)28-29-22)27-23(31)20-17(24)10-19-16(21(20)25)11-26-30(19)2/h3-11H,1-2H3,(H,27,31)(H,28,29). The highest BCUT2D eigenvalue weighted by atomic mass is 19.1. The van der Waals surface area contributed by atoms with Crippen LogP contribution in [0.2, 0.25) is 0 Å². The van der Waals surface area contributed by atoms with E-state index < -0.39 is 23.1 Å². The maximum Gasteiger partial charge on any atom is 0.261 e. The largest absolute Gasteiger partial charge is 0.322 e. The average Bonchev–Trinajstić information content (AvgIpc) is 3.32. The predicted molar refractivity (Wildman–Crippen MR) is 115 cm³/mol. The topological polar surface area (TPSA) is 75.6 Å². The summed E-state index contributed by atoms with van der Waals surface area (Å²) in [6, 6.07) is 14.1. The van der Waals surface area contributed by atoms with Crippen molar-refractivity contribution in [2.45, 2.75) is 6.92 Å². The van der Waals surface area contributed by atoms with E-state index in [1.54, 1.807) is 25.2 Å². The normalized spacial score (nSPS) is 11.4. The van der Waals surface area contributed by atoms with Crippen LogP contribution in [-0.2, 0) is 7.05 Å². The molecule has 0 spiro atoms. The number of benzene rings is 3. The van der Waals surface area contributed by atoms with Gasteiger partial charge < -0.3 is 5.32 Å². The Morgan fingerprint density at radius 1 is 1.10 bits per heavy atom. The number of nitrogens with zero attached hydrogens (tertiary/aromatic N) is 3. The number of aromatic amines is 1. The first-order valence-corrected chi connectivity index (χ1v) is 9.58. The van der Waals surface area contributed by atoms with E-state index in [0.717, 1.165) is 33.8 Å². The first-order chi connectivity index (χ1) is 14.9. The van der Waals surface area contributed by atoms with Crippen molar-refractivity contribution >= 4 is 33.4 Å². The highest BCUT2D eigenvalue weighted by molar-refractivity contribution is 6.08. The average molecular weight is 417 g/mol. The number of aryl methyl sites for hydroxylation is 2. The van der Waals surface area contributed by atoms with Gasteiger partial charge in [-0.05, 0) is 31.2 Å².